The lowest BCUT2D eigenvalue weighted by Crippen LogP contribution is -2.37. The second-order valence-corrected chi connectivity index (χ2v) is 6.35. The molecule has 1 heterocycles. The van der Waals surface area contributed by atoms with Crippen LogP contribution in [-0.4, -0.2) is 37.1 Å². The maximum Gasteiger partial charge on any atom is 0.191 e. The molecule has 2 rings (SSSR count). The zero-order chi connectivity index (χ0) is 12.1. The van der Waals surface area contributed by atoms with Crippen molar-refractivity contribution in [1.82, 2.24) is 10.6 Å². The molecule has 0 aromatic rings. The van der Waals surface area contributed by atoms with Crippen LogP contribution in [0.5, 0.6) is 0 Å². The molecule has 0 aromatic carbocycles. The molecule has 0 radical (unpaired) electrons. The quantitative estimate of drug-likeness (QED) is 0.596. The van der Waals surface area contributed by atoms with E-state index in [1.807, 2.05) is 0 Å². The third-order valence-electron chi connectivity index (χ3n) is 4.01. The number of aliphatic imine (C=N–C) groups is 1. The number of rotatable bonds is 4. The highest BCUT2D eigenvalue weighted by molar-refractivity contribution is 7.99. The number of hydrogen-bond acceptors (Lipinski definition) is 2. The normalized spacial score (nSPS) is 25.4. The predicted octanol–water partition coefficient (Wildman–Crippen LogP) is 2.09. The first-order valence-electron chi connectivity index (χ1n) is 6.90. The van der Waals surface area contributed by atoms with Crippen molar-refractivity contribution in [3.8, 4) is 0 Å². The molecule has 17 heavy (non-hydrogen) atoms. The number of hydrogen-bond donors (Lipinski definition) is 2. The minimum atomic E-state index is 0.693. The van der Waals surface area contributed by atoms with E-state index in [4.69, 9.17) is 4.99 Å². The van der Waals surface area contributed by atoms with E-state index in [2.05, 4.69) is 36.2 Å². The van der Waals surface area contributed by atoms with Crippen molar-refractivity contribution < 1.29 is 0 Å². The third kappa shape index (κ3) is 3.30. The Morgan fingerprint density at radius 2 is 1.88 bits per heavy atom. The monoisotopic (exact) mass is 255 g/mol. The first-order chi connectivity index (χ1) is 8.30. The molecule has 1 saturated carbocycles. The molecule has 1 unspecified atom stereocenters. The van der Waals surface area contributed by atoms with Gasteiger partial charge < -0.3 is 10.6 Å². The molecule has 1 spiro atoms. The van der Waals surface area contributed by atoms with E-state index in [0.29, 0.717) is 5.41 Å². The standard InChI is InChI=1S/C13H25N3S/c1-3-14-12(15-4-2)16-10-11-9-13(11)5-7-17-8-6-13/h11H,3-10H2,1-2H3,(H2,14,15,16). The van der Waals surface area contributed by atoms with Crippen LogP contribution in [0.2, 0.25) is 0 Å². The number of guanidine groups is 1. The summed E-state index contributed by atoms with van der Waals surface area (Å²) >= 11 is 2.12. The predicted molar refractivity (Wildman–Crippen MR) is 76.8 cm³/mol. The molecule has 3 nitrogen and oxygen atoms in total. The zero-order valence-corrected chi connectivity index (χ0v) is 11.9. The maximum absolute atomic E-state index is 4.70. The molecule has 1 saturated heterocycles. The van der Waals surface area contributed by atoms with Gasteiger partial charge in [0.1, 0.15) is 0 Å². The van der Waals surface area contributed by atoms with Crippen LogP contribution < -0.4 is 10.6 Å². The van der Waals surface area contributed by atoms with Gasteiger partial charge in [0.15, 0.2) is 5.96 Å². The van der Waals surface area contributed by atoms with Crippen LogP contribution in [0, 0.1) is 11.3 Å². The smallest absolute Gasteiger partial charge is 0.191 e. The summed E-state index contributed by atoms with van der Waals surface area (Å²) in [4.78, 5) is 4.70. The van der Waals surface area contributed by atoms with Crippen molar-refractivity contribution >= 4 is 17.7 Å². The average molecular weight is 255 g/mol. The Balaban J connectivity index is 1.79. The lowest BCUT2D eigenvalue weighted by atomic mass is 9.96. The van der Waals surface area contributed by atoms with Gasteiger partial charge >= 0.3 is 0 Å². The van der Waals surface area contributed by atoms with Crippen LogP contribution in [0.4, 0.5) is 0 Å². The second-order valence-electron chi connectivity index (χ2n) is 5.13. The average Bonchev–Trinajstić information content (AvgIpc) is 3.00. The van der Waals surface area contributed by atoms with Crippen molar-refractivity contribution in [2.45, 2.75) is 33.1 Å². The first-order valence-corrected chi connectivity index (χ1v) is 8.06. The third-order valence-corrected chi connectivity index (χ3v) is 4.99. The Morgan fingerprint density at radius 1 is 1.24 bits per heavy atom. The van der Waals surface area contributed by atoms with Crippen molar-refractivity contribution in [3.05, 3.63) is 0 Å². The summed E-state index contributed by atoms with van der Waals surface area (Å²) < 4.78 is 0. The van der Waals surface area contributed by atoms with Gasteiger partial charge in [-0.15, -0.1) is 0 Å². The molecule has 2 fully saturated rings. The van der Waals surface area contributed by atoms with E-state index < -0.39 is 0 Å². The highest BCUT2D eigenvalue weighted by Crippen LogP contribution is 2.60. The SMILES string of the molecule is CCNC(=NCC1CC12CCSCC2)NCC. The Labute approximate surface area is 109 Å². The molecule has 0 bridgehead atoms. The molecule has 0 aromatic heterocycles. The fourth-order valence-corrected chi connectivity index (χ4v) is 4.10. The second kappa shape index (κ2) is 5.98. The summed E-state index contributed by atoms with van der Waals surface area (Å²) in [7, 11) is 0. The first kappa shape index (κ1) is 13.1. The molecule has 1 aliphatic carbocycles. The molecule has 2 N–H and O–H groups in total. The van der Waals surface area contributed by atoms with Crippen molar-refractivity contribution in [1.29, 1.82) is 0 Å². The van der Waals surface area contributed by atoms with E-state index in [0.717, 1.165) is 31.5 Å². The van der Waals surface area contributed by atoms with Crippen molar-refractivity contribution in [3.63, 3.8) is 0 Å². The largest absolute Gasteiger partial charge is 0.357 e. The number of nitrogens with zero attached hydrogens (tertiary/aromatic N) is 1. The fourth-order valence-electron chi connectivity index (χ4n) is 2.79. The van der Waals surface area contributed by atoms with Crippen LogP contribution >= 0.6 is 11.8 Å². The Morgan fingerprint density at radius 3 is 2.47 bits per heavy atom. The molecule has 4 heteroatoms. The van der Waals surface area contributed by atoms with Crippen LogP contribution in [0.25, 0.3) is 0 Å². The van der Waals surface area contributed by atoms with E-state index in [1.54, 1.807) is 0 Å². The van der Waals surface area contributed by atoms with E-state index in [9.17, 15) is 0 Å². The van der Waals surface area contributed by atoms with Crippen LogP contribution in [0.15, 0.2) is 4.99 Å². The van der Waals surface area contributed by atoms with Gasteiger partial charge in [0.05, 0.1) is 0 Å². The maximum atomic E-state index is 4.70. The van der Waals surface area contributed by atoms with Crippen LogP contribution in [0.1, 0.15) is 33.1 Å². The van der Waals surface area contributed by atoms with Gasteiger partial charge in [0.25, 0.3) is 0 Å². The van der Waals surface area contributed by atoms with Crippen LogP contribution in [-0.2, 0) is 0 Å². The van der Waals surface area contributed by atoms with Crippen molar-refractivity contribution in [2.75, 3.05) is 31.1 Å². The van der Waals surface area contributed by atoms with Gasteiger partial charge in [-0.25, -0.2) is 0 Å². The zero-order valence-electron chi connectivity index (χ0n) is 11.1. The van der Waals surface area contributed by atoms with E-state index >= 15 is 0 Å². The molecular formula is C13H25N3S. The number of nitrogens with one attached hydrogen (secondary N) is 2. The van der Waals surface area contributed by atoms with Gasteiger partial charge in [-0.2, -0.15) is 11.8 Å². The van der Waals surface area contributed by atoms with Crippen molar-refractivity contribution in [2.24, 2.45) is 16.3 Å². The highest BCUT2D eigenvalue weighted by atomic mass is 32.2. The minimum absolute atomic E-state index is 0.693. The van der Waals surface area contributed by atoms with Gasteiger partial charge in [0.2, 0.25) is 0 Å². The summed E-state index contributed by atoms with van der Waals surface area (Å²) in [6, 6.07) is 0. The molecule has 98 valence electrons. The summed E-state index contributed by atoms with van der Waals surface area (Å²) in [6.07, 6.45) is 4.27. The summed E-state index contributed by atoms with van der Waals surface area (Å²) in [6.45, 7) is 7.13. The topological polar surface area (TPSA) is 36.4 Å². The Kier molecular flexibility index (Phi) is 4.60. The molecule has 0 amide bonds. The lowest BCUT2D eigenvalue weighted by Gasteiger charge is -2.21. The van der Waals surface area contributed by atoms with Gasteiger partial charge in [-0.05, 0) is 55.9 Å². The van der Waals surface area contributed by atoms with Gasteiger partial charge in [-0.3, -0.25) is 4.99 Å². The van der Waals surface area contributed by atoms with Gasteiger partial charge in [0, 0.05) is 19.6 Å². The molecular weight excluding hydrogens is 230 g/mol. The minimum Gasteiger partial charge on any atom is -0.357 e. The summed E-state index contributed by atoms with van der Waals surface area (Å²) in [5.41, 5.74) is 0.693. The molecule has 1 atom stereocenters. The molecule has 2 aliphatic rings. The van der Waals surface area contributed by atoms with Crippen LogP contribution in [0.3, 0.4) is 0 Å². The summed E-state index contributed by atoms with van der Waals surface area (Å²) in [5.74, 6) is 4.58. The fraction of sp³-hybridized carbons (Fsp3) is 0.923. The number of thioether (sulfide) groups is 1. The summed E-state index contributed by atoms with van der Waals surface area (Å²) in [5, 5.41) is 6.59. The Bertz CT molecular complexity index is 264. The van der Waals surface area contributed by atoms with E-state index in [-0.39, 0.29) is 0 Å². The Hall–Kier alpha value is -0.380. The highest BCUT2D eigenvalue weighted by Gasteiger charge is 2.53. The van der Waals surface area contributed by atoms with Gasteiger partial charge in [-0.1, -0.05) is 0 Å². The molecule has 1 aliphatic heterocycles. The lowest BCUT2D eigenvalue weighted by molar-refractivity contribution is 0.422. The van der Waals surface area contributed by atoms with E-state index in [1.165, 1.54) is 30.8 Å².